The van der Waals surface area contributed by atoms with Crippen molar-refractivity contribution in [2.45, 2.75) is 19.3 Å². The van der Waals surface area contributed by atoms with Crippen molar-refractivity contribution >= 4 is 27.4 Å². The van der Waals surface area contributed by atoms with E-state index >= 15 is 0 Å². The van der Waals surface area contributed by atoms with Crippen molar-refractivity contribution in [3.8, 4) is 0 Å². The second-order valence-corrected chi connectivity index (χ2v) is 6.11. The van der Waals surface area contributed by atoms with Crippen LogP contribution in [0, 0.1) is 0 Å². The molecule has 0 spiro atoms. The lowest BCUT2D eigenvalue weighted by Crippen LogP contribution is -2.28. The molecule has 0 fully saturated rings. The number of nitrogens with zero attached hydrogens (tertiary/aromatic N) is 1. The van der Waals surface area contributed by atoms with E-state index in [1.807, 2.05) is 12.1 Å². The zero-order valence-electron chi connectivity index (χ0n) is 11.2. The van der Waals surface area contributed by atoms with Crippen LogP contribution in [0.5, 0.6) is 0 Å². The fraction of sp³-hybridized carbons (Fsp3) is 0.267. The molecule has 0 atom stereocenters. The molecular formula is C15H18BrN3. The molecule has 3 N–H and O–H groups in total. The van der Waals surface area contributed by atoms with E-state index < -0.39 is 0 Å². The molecule has 2 rings (SSSR count). The molecule has 100 valence electrons. The Morgan fingerprint density at radius 2 is 1.95 bits per heavy atom. The first-order chi connectivity index (χ1) is 8.99. The summed E-state index contributed by atoms with van der Waals surface area (Å²) in [7, 11) is 0. The Kier molecular flexibility index (Phi) is 4.10. The third kappa shape index (κ3) is 3.47. The maximum Gasteiger partial charge on any atom is 0.149 e. The predicted octanol–water partition coefficient (Wildman–Crippen LogP) is 3.82. The molecule has 0 aliphatic rings. The van der Waals surface area contributed by atoms with E-state index in [0.29, 0.717) is 5.69 Å². The van der Waals surface area contributed by atoms with Crippen LogP contribution in [0.3, 0.4) is 0 Å². The third-order valence-electron chi connectivity index (χ3n) is 3.14. The number of pyridine rings is 1. The number of nitrogens with two attached hydrogens (primary N) is 1. The molecule has 0 saturated heterocycles. The van der Waals surface area contributed by atoms with Crippen molar-refractivity contribution in [3.05, 3.63) is 52.6 Å². The molecule has 0 saturated carbocycles. The van der Waals surface area contributed by atoms with Gasteiger partial charge in [0.1, 0.15) is 5.82 Å². The molecule has 19 heavy (non-hydrogen) atoms. The smallest absolute Gasteiger partial charge is 0.149 e. The summed E-state index contributed by atoms with van der Waals surface area (Å²) < 4.78 is 0.887. The van der Waals surface area contributed by atoms with Crippen LogP contribution in [-0.4, -0.2) is 11.5 Å². The lowest BCUT2D eigenvalue weighted by Gasteiger charge is -2.26. The van der Waals surface area contributed by atoms with Crippen molar-refractivity contribution < 1.29 is 0 Å². The summed E-state index contributed by atoms with van der Waals surface area (Å²) in [6.07, 6.45) is 1.74. The number of benzene rings is 1. The fourth-order valence-corrected chi connectivity index (χ4v) is 2.25. The van der Waals surface area contributed by atoms with E-state index in [9.17, 15) is 0 Å². The van der Waals surface area contributed by atoms with E-state index in [4.69, 9.17) is 5.73 Å². The Balaban J connectivity index is 2.09. The monoisotopic (exact) mass is 319 g/mol. The Hall–Kier alpha value is -1.55. The van der Waals surface area contributed by atoms with Crippen LogP contribution >= 0.6 is 15.9 Å². The van der Waals surface area contributed by atoms with E-state index in [1.54, 1.807) is 6.20 Å². The van der Waals surface area contributed by atoms with Crippen molar-refractivity contribution in [2.75, 3.05) is 17.6 Å². The minimum Gasteiger partial charge on any atom is -0.396 e. The molecule has 3 nitrogen and oxygen atoms in total. The zero-order valence-corrected chi connectivity index (χ0v) is 12.7. The minimum absolute atomic E-state index is 0.0163. The van der Waals surface area contributed by atoms with Gasteiger partial charge in [0.2, 0.25) is 0 Å². The van der Waals surface area contributed by atoms with Crippen molar-refractivity contribution in [1.29, 1.82) is 0 Å². The Labute approximate surface area is 122 Å². The average molecular weight is 320 g/mol. The summed E-state index contributed by atoms with van der Waals surface area (Å²) in [5.74, 6) is 0.729. The van der Waals surface area contributed by atoms with Gasteiger partial charge in [0, 0.05) is 22.6 Å². The summed E-state index contributed by atoms with van der Waals surface area (Å²) in [6, 6.07) is 12.3. The van der Waals surface area contributed by atoms with Crippen molar-refractivity contribution in [1.82, 2.24) is 4.98 Å². The van der Waals surface area contributed by atoms with E-state index in [1.165, 1.54) is 5.56 Å². The van der Waals surface area contributed by atoms with Crippen LogP contribution < -0.4 is 11.1 Å². The first-order valence-electron chi connectivity index (χ1n) is 6.19. The number of nitrogens with one attached hydrogen (secondary N) is 1. The molecule has 0 amide bonds. The van der Waals surface area contributed by atoms with Gasteiger partial charge >= 0.3 is 0 Å². The van der Waals surface area contributed by atoms with Crippen molar-refractivity contribution in [3.63, 3.8) is 0 Å². The number of halogens is 1. The number of aromatic nitrogens is 1. The third-order valence-corrected chi connectivity index (χ3v) is 3.57. The van der Waals surface area contributed by atoms with Gasteiger partial charge in [-0.2, -0.15) is 0 Å². The lowest BCUT2D eigenvalue weighted by molar-refractivity contribution is 0.556. The van der Waals surface area contributed by atoms with E-state index in [0.717, 1.165) is 16.8 Å². The summed E-state index contributed by atoms with van der Waals surface area (Å²) >= 11 is 3.35. The fourth-order valence-electron chi connectivity index (χ4n) is 1.90. The highest BCUT2D eigenvalue weighted by Crippen LogP contribution is 2.25. The Morgan fingerprint density at radius 1 is 1.26 bits per heavy atom. The second kappa shape index (κ2) is 5.61. The van der Waals surface area contributed by atoms with E-state index in [-0.39, 0.29) is 5.41 Å². The highest BCUT2D eigenvalue weighted by atomic mass is 79.9. The molecule has 0 aliphatic carbocycles. The van der Waals surface area contributed by atoms with Gasteiger partial charge in [-0.3, -0.25) is 0 Å². The van der Waals surface area contributed by atoms with Gasteiger partial charge in [-0.1, -0.05) is 44.2 Å². The van der Waals surface area contributed by atoms with Gasteiger partial charge in [-0.15, -0.1) is 0 Å². The molecule has 0 bridgehead atoms. The molecule has 4 heteroatoms. The number of hydrogen-bond donors (Lipinski definition) is 2. The van der Waals surface area contributed by atoms with Gasteiger partial charge in [0.25, 0.3) is 0 Å². The van der Waals surface area contributed by atoms with Crippen molar-refractivity contribution in [2.24, 2.45) is 0 Å². The van der Waals surface area contributed by atoms with Crippen LogP contribution in [0.2, 0.25) is 0 Å². The first-order valence-corrected chi connectivity index (χ1v) is 6.99. The number of anilines is 2. The predicted molar refractivity (Wildman–Crippen MR) is 84.3 cm³/mol. The van der Waals surface area contributed by atoms with Crippen LogP contribution in [0.25, 0.3) is 0 Å². The normalized spacial score (nSPS) is 11.3. The summed E-state index contributed by atoms with van der Waals surface area (Å²) in [6.45, 7) is 5.17. The first kappa shape index (κ1) is 13.9. The molecular weight excluding hydrogens is 302 g/mol. The van der Waals surface area contributed by atoms with Gasteiger partial charge in [-0.25, -0.2) is 4.98 Å². The molecule has 1 heterocycles. The number of nitrogen functional groups attached to an aromatic ring is 1. The Morgan fingerprint density at radius 3 is 2.58 bits per heavy atom. The molecule has 0 radical (unpaired) electrons. The number of rotatable bonds is 4. The van der Waals surface area contributed by atoms with Gasteiger partial charge in [0.15, 0.2) is 0 Å². The topological polar surface area (TPSA) is 50.9 Å². The largest absolute Gasteiger partial charge is 0.396 e. The number of hydrogen-bond acceptors (Lipinski definition) is 3. The van der Waals surface area contributed by atoms with Crippen LogP contribution in [0.4, 0.5) is 11.5 Å². The summed E-state index contributed by atoms with van der Waals surface area (Å²) in [4.78, 5) is 4.29. The van der Waals surface area contributed by atoms with Crippen LogP contribution in [0.1, 0.15) is 19.4 Å². The molecule has 1 aromatic carbocycles. The van der Waals surface area contributed by atoms with Gasteiger partial charge in [-0.05, 0) is 27.6 Å². The standard InChI is InChI=1S/C15H18BrN3/c1-15(2,11-6-4-3-5-7-11)10-19-14-13(17)8-12(16)9-18-14/h3-9H,10,17H2,1-2H3,(H,18,19). The SMILES string of the molecule is CC(C)(CNc1ncc(Br)cc1N)c1ccccc1. The average Bonchev–Trinajstić information content (AvgIpc) is 2.39. The lowest BCUT2D eigenvalue weighted by atomic mass is 9.84. The molecule has 0 unspecified atom stereocenters. The Bertz CT molecular complexity index is 553. The maximum atomic E-state index is 5.93. The zero-order chi connectivity index (χ0) is 13.9. The second-order valence-electron chi connectivity index (χ2n) is 5.19. The molecule has 0 aliphatic heterocycles. The highest BCUT2D eigenvalue weighted by molar-refractivity contribution is 9.10. The van der Waals surface area contributed by atoms with E-state index in [2.05, 4.69) is 64.3 Å². The van der Waals surface area contributed by atoms with Crippen LogP contribution in [0.15, 0.2) is 47.1 Å². The maximum absolute atomic E-state index is 5.93. The summed E-state index contributed by atoms with van der Waals surface area (Å²) in [5, 5.41) is 3.32. The quantitative estimate of drug-likeness (QED) is 0.900. The summed E-state index contributed by atoms with van der Waals surface area (Å²) in [5.41, 5.74) is 7.89. The van der Waals surface area contributed by atoms with Gasteiger partial charge < -0.3 is 11.1 Å². The van der Waals surface area contributed by atoms with Crippen LogP contribution in [-0.2, 0) is 5.41 Å². The van der Waals surface area contributed by atoms with Gasteiger partial charge in [0.05, 0.1) is 5.69 Å². The molecule has 2 aromatic rings. The molecule has 1 aromatic heterocycles. The minimum atomic E-state index is 0.0163. The highest BCUT2D eigenvalue weighted by Gasteiger charge is 2.20.